The van der Waals surface area contributed by atoms with Crippen LogP contribution in [-0.4, -0.2) is 18.2 Å². The number of nitrogens with zero attached hydrogens (tertiary/aromatic N) is 1. The van der Waals surface area contributed by atoms with Crippen molar-refractivity contribution in [2.75, 3.05) is 13.2 Å². The van der Waals surface area contributed by atoms with Crippen molar-refractivity contribution >= 4 is 11.3 Å². The summed E-state index contributed by atoms with van der Waals surface area (Å²) in [5, 5.41) is 1.19. The molecule has 0 aliphatic carbocycles. The van der Waals surface area contributed by atoms with E-state index in [1.54, 1.807) is 11.3 Å². The number of hydrogen-bond donors (Lipinski definition) is 1. The third kappa shape index (κ3) is 2.13. The van der Waals surface area contributed by atoms with Gasteiger partial charge < -0.3 is 10.5 Å². The van der Waals surface area contributed by atoms with Crippen LogP contribution in [-0.2, 0) is 4.74 Å². The van der Waals surface area contributed by atoms with Gasteiger partial charge in [0.05, 0.1) is 11.6 Å². The number of thiazole rings is 1. The van der Waals surface area contributed by atoms with Gasteiger partial charge in [-0.2, -0.15) is 0 Å². The summed E-state index contributed by atoms with van der Waals surface area (Å²) in [6.07, 6.45) is 4.25. The van der Waals surface area contributed by atoms with Crippen LogP contribution in [0.5, 0.6) is 0 Å². The average molecular weight is 212 g/mol. The lowest BCUT2D eigenvalue weighted by Gasteiger charge is -2.19. The third-order valence-corrected chi connectivity index (χ3v) is 3.86. The highest BCUT2D eigenvalue weighted by Crippen LogP contribution is 2.30. The smallest absolute Gasteiger partial charge is 0.0982 e. The minimum absolute atomic E-state index is 0.103. The summed E-state index contributed by atoms with van der Waals surface area (Å²) in [7, 11) is 0. The Kier molecular flexibility index (Phi) is 3.15. The Hall–Kier alpha value is -0.450. The van der Waals surface area contributed by atoms with Crippen molar-refractivity contribution in [3.05, 3.63) is 16.1 Å². The zero-order valence-corrected chi connectivity index (χ0v) is 9.22. The molecular weight excluding hydrogens is 196 g/mol. The van der Waals surface area contributed by atoms with E-state index in [0.29, 0.717) is 5.92 Å². The Labute approximate surface area is 88.3 Å². The summed E-state index contributed by atoms with van der Waals surface area (Å²) < 4.78 is 5.44. The van der Waals surface area contributed by atoms with Crippen LogP contribution in [0.1, 0.15) is 41.6 Å². The van der Waals surface area contributed by atoms with Crippen molar-refractivity contribution in [2.45, 2.75) is 31.7 Å². The van der Waals surface area contributed by atoms with Crippen molar-refractivity contribution in [3.63, 3.8) is 0 Å². The van der Waals surface area contributed by atoms with Crippen molar-refractivity contribution in [1.29, 1.82) is 0 Å². The molecule has 0 radical (unpaired) electrons. The van der Waals surface area contributed by atoms with Gasteiger partial charge in [0.15, 0.2) is 0 Å². The second-order valence-corrected chi connectivity index (χ2v) is 4.90. The molecule has 1 aliphatic rings. The summed E-state index contributed by atoms with van der Waals surface area (Å²) in [4.78, 5) is 5.59. The Balaban J connectivity index is 2.07. The monoisotopic (exact) mass is 212 g/mol. The molecule has 2 atom stereocenters. The fraction of sp³-hybridized carbons (Fsp3) is 0.700. The number of aromatic nitrogens is 1. The Morgan fingerprint density at radius 2 is 2.57 bits per heavy atom. The van der Waals surface area contributed by atoms with Gasteiger partial charge in [0, 0.05) is 29.6 Å². The van der Waals surface area contributed by atoms with Gasteiger partial charge >= 0.3 is 0 Å². The molecule has 1 aromatic heterocycles. The van der Waals surface area contributed by atoms with Crippen molar-refractivity contribution in [1.82, 2.24) is 4.98 Å². The standard InChI is InChI=1S/C10H16N2OS/c1-7(11)9-5-12-10(14-9)8-3-2-4-13-6-8/h5,7-8H,2-4,6,11H2,1H3. The number of nitrogens with two attached hydrogens (primary N) is 1. The van der Waals surface area contributed by atoms with Crippen LogP contribution in [0.4, 0.5) is 0 Å². The topological polar surface area (TPSA) is 48.1 Å². The maximum atomic E-state index is 5.80. The minimum Gasteiger partial charge on any atom is -0.381 e. The largest absolute Gasteiger partial charge is 0.381 e. The van der Waals surface area contributed by atoms with Gasteiger partial charge in [0.1, 0.15) is 0 Å². The normalized spacial score (nSPS) is 24.9. The van der Waals surface area contributed by atoms with Gasteiger partial charge in [-0.15, -0.1) is 11.3 Å². The van der Waals surface area contributed by atoms with E-state index in [9.17, 15) is 0 Å². The highest BCUT2D eigenvalue weighted by atomic mass is 32.1. The van der Waals surface area contributed by atoms with Crippen molar-refractivity contribution in [3.8, 4) is 0 Å². The van der Waals surface area contributed by atoms with Crippen LogP contribution in [0.3, 0.4) is 0 Å². The molecule has 2 unspecified atom stereocenters. The van der Waals surface area contributed by atoms with E-state index < -0.39 is 0 Å². The Bertz CT molecular complexity index is 292. The van der Waals surface area contributed by atoms with Gasteiger partial charge in [-0.25, -0.2) is 4.98 Å². The van der Waals surface area contributed by atoms with E-state index in [4.69, 9.17) is 10.5 Å². The molecule has 2 rings (SSSR count). The molecule has 2 N–H and O–H groups in total. The molecule has 2 heterocycles. The molecular formula is C10H16N2OS. The lowest BCUT2D eigenvalue weighted by molar-refractivity contribution is 0.0804. The molecule has 0 saturated carbocycles. The number of rotatable bonds is 2. The highest BCUT2D eigenvalue weighted by molar-refractivity contribution is 7.11. The molecule has 3 nitrogen and oxygen atoms in total. The van der Waals surface area contributed by atoms with Crippen LogP contribution in [0.15, 0.2) is 6.20 Å². The summed E-state index contributed by atoms with van der Waals surface area (Å²) in [6.45, 7) is 3.72. The maximum absolute atomic E-state index is 5.80. The summed E-state index contributed by atoms with van der Waals surface area (Å²) in [5.74, 6) is 0.501. The van der Waals surface area contributed by atoms with Gasteiger partial charge in [-0.3, -0.25) is 0 Å². The molecule has 4 heteroatoms. The lowest BCUT2D eigenvalue weighted by Crippen LogP contribution is -2.15. The molecule has 1 aromatic rings. The molecule has 1 aliphatic heterocycles. The van der Waals surface area contributed by atoms with Crippen LogP contribution in [0.2, 0.25) is 0 Å². The predicted molar refractivity (Wildman–Crippen MR) is 57.5 cm³/mol. The Morgan fingerprint density at radius 3 is 3.14 bits per heavy atom. The van der Waals surface area contributed by atoms with Crippen molar-refractivity contribution < 1.29 is 4.74 Å². The van der Waals surface area contributed by atoms with E-state index in [-0.39, 0.29) is 6.04 Å². The zero-order valence-electron chi connectivity index (χ0n) is 8.40. The quantitative estimate of drug-likeness (QED) is 0.816. The molecule has 0 amide bonds. The second-order valence-electron chi connectivity index (χ2n) is 3.80. The van der Waals surface area contributed by atoms with E-state index >= 15 is 0 Å². The van der Waals surface area contributed by atoms with E-state index in [2.05, 4.69) is 4.98 Å². The summed E-state index contributed by atoms with van der Waals surface area (Å²) >= 11 is 1.73. The molecule has 0 spiro atoms. The van der Waals surface area contributed by atoms with Crippen LogP contribution >= 0.6 is 11.3 Å². The first-order valence-electron chi connectivity index (χ1n) is 5.06. The van der Waals surface area contributed by atoms with Gasteiger partial charge in [0.25, 0.3) is 0 Å². The second kappa shape index (κ2) is 4.38. The van der Waals surface area contributed by atoms with Crippen molar-refractivity contribution in [2.24, 2.45) is 5.73 Å². The van der Waals surface area contributed by atoms with E-state index in [0.717, 1.165) is 19.6 Å². The fourth-order valence-corrected chi connectivity index (χ4v) is 2.63. The fourth-order valence-electron chi connectivity index (χ4n) is 1.64. The molecule has 1 saturated heterocycles. The average Bonchev–Trinajstić information content (AvgIpc) is 2.68. The number of ether oxygens (including phenoxy) is 1. The first-order chi connectivity index (χ1) is 6.77. The molecule has 14 heavy (non-hydrogen) atoms. The first-order valence-corrected chi connectivity index (χ1v) is 5.88. The SMILES string of the molecule is CC(N)c1cnc(C2CCCOC2)s1. The molecule has 0 bridgehead atoms. The molecule has 1 fully saturated rings. The van der Waals surface area contributed by atoms with E-state index in [1.165, 1.54) is 16.3 Å². The van der Waals surface area contributed by atoms with Crippen LogP contribution < -0.4 is 5.73 Å². The highest BCUT2D eigenvalue weighted by Gasteiger charge is 2.19. The van der Waals surface area contributed by atoms with E-state index in [1.807, 2.05) is 13.1 Å². The third-order valence-electron chi connectivity index (χ3n) is 2.50. The lowest BCUT2D eigenvalue weighted by atomic mass is 10.0. The summed E-state index contributed by atoms with van der Waals surface area (Å²) in [5.41, 5.74) is 5.80. The molecule has 78 valence electrons. The van der Waals surface area contributed by atoms with Gasteiger partial charge in [-0.05, 0) is 19.8 Å². The van der Waals surface area contributed by atoms with Gasteiger partial charge in [-0.1, -0.05) is 0 Å². The predicted octanol–water partition coefficient (Wildman–Crippen LogP) is 2.06. The number of hydrogen-bond acceptors (Lipinski definition) is 4. The maximum Gasteiger partial charge on any atom is 0.0982 e. The Morgan fingerprint density at radius 1 is 1.71 bits per heavy atom. The van der Waals surface area contributed by atoms with Crippen LogP contribution in [0, 0.1) is 0 Å². The zero-order chi connectivity index (χ0) is 9.97. The first kappa shape index (κ1) is 10.1. The summed E-state index contributed by atoms with van der Waals surface area (Å²) in [6, 6.07) is 0.103. The minimum atomic E-state index is 0.103. The van der Waals surface area contributed by atoms with Crippen LogP contribution in [0.25, 0.3) is 0 Å². The molecule has 0 aromatic carbocycles. The van der Waals surface area contributed by atoms with Gasteiger partial charge in [0.2, 0.25) is 0 Å².